The van der Waals surface area contributed by atoms with Crippen molar-refractivity contribution in [1.29, 1.82) is 0 Å². The monoisotopic (exact) mass is 308 g/mol. The van der Waals surface area contributed by atoms with Gasteiger partial charge < -0.3 is 9.72 Å². The molecule has 0 bridgehead atoms. The molecule has 3 rings (SSSR count). The van der Waals surface area contributed by atoms with E-state index >= 15 is 0 Å². The number of rotatable bonds is 2. The van der Waals surface area contributed by atoms with Crippen LogP contribution in [0.4, 0.5) is 0 Å². The van der Waals surface area contributed by atoms with Gasteiger partial charge in [0.1, 0.15) is 6.61 Å². The molecule has 2 aromatic heterocycles. The second-order valence-electron chi connectivity index (χ2n) is 3.82. The third-order valence-corrected chi connectivity index (χ3v) is 3.07. The van der Waals surface area contributed by atoms with Gasteiger partial charge in [-0.05, 0) is 18.2 Å². The molecule has 0 spiro atoms. The Kier molecular flexibility index (Phi) is 2.64. The zero-order valence-electron chi connectivity index (χ0n) is 9.48. The molecule has 0 aliphatic carbocycles. The Morgan fingerprint density at radius 2 is 2.33 bits per heavy atom. The molecule has 6 nitrogen and oxygen atoms in total. The molecule has 0 aliphatic rings. The Labute approximate surface area is 110 Å². The standard InChI is InChI=1S/C11H9BrN4O2/c1-18-5-9-14-10-7-4-6(12)2-3-8(7)13-11(17)16(10)15-9/h2-4H,5H2,1H3,(H,13,17). The summed E-state index contributed by atoms with van der Waals surface area (Å²) in [4.78, 5) is 18.9. The van der Waals surface area contributed by atoms with Gasteiger partial charge in [-0.25, -0.2) is 9.78 Å². The van der Waals surface area contributed by atoms with E-state index in [1.807, 2.05) is 18.2 Å². The zero-order chi connectivity index (χ0) is 12.7. The van der Waals surface area contributed by atoms with E-state index in [1.54, 1.807) is 7.11 Å². The highest BCUT2D eigenvalue weighted by molar-refractivity contribution is 9.10. The van der Waals surface area contributed by atoms with Crippen molar-refractivity contribution >= 4 is 32.5 Å². The molecule has 0 aliphatic heterocycles. The number of hydrogen-bond donors (Lipinski definition) is 1. The van der Waals surface area contributed by atoms with E-state index in [1.165, 1.54) is 4.52 Å². The van der Waals surface area contributed by atoms with Crippen molar-refractivity contribution in [3.8, 4) is 0 Å². The summed E-state index contributed by atoms with van der Waals surface area (Å²) in [6.07, 6.45) is 0. The molecule has 0 saturated heterocycles. The Morgan fingerprint density at radius 3 is 3.11 bits per heavy atom. The Morgan fingerprint density at radius 1 is 1.50 bits per heavy atom. The largest absolute Gasteiger partial charge is 0.377 e. The predicted octanol–water partition coefficient (Wildman–Crippen LogP) is 1.48. The molecule has 92 valence electrons. The lowest BCUT2D eigenvalue weighted by atomic mass is 10.2. The Hall–Kier alpha value is -1.73. The van der Waals surface area contributed by atoms with Crippen LogP contribution in [0.2, 0.25) is 0 Å². The van der Waals surface area contributed by atoms with Crippen LogP contribution < -0.4 is 5.69 Å². The summed E-state index contributed by atoms with van der Waals surface area (Å²) in [6, 6.07) is 5.58. The van der Waals surface area contributed by atoms with Crippen LogP contribution in [-0.2, 0) is 11.3 Å². The Bertz CT molecular complexity index is 793. The first kappa shape index (κ1) is 11.4. The molecule has 0 fully saturated rings. The fourth-order valence-electron chi connectivity index (χ4n) is 1.84. The molecular weight excluding hydrogens is 300 g/mol. The second kappa shape index (κ2) is 4.18. The predicted molar refractivity (Wildman–Crippen MR) is 69.5 cm³/mol. The topological polar surface area (TPSA) is 72.3 Å². The molecule has 1 N–H and O–H groups in total. The lowest BCUT2D eigenvalue weighted by Crippen LogP contribution is -2.17. The van der Waals surface area contributed by atoms with Gasteiger partial charge in [0.25, 0.3) is 0 Å². The molecule has 0 atom stereocenters. The van der Waals surface area contributed by atoms with Crippen LogP contribution in [0.25, 0.3) is 16.6 Å². The van der Waals surface area contributed by atoms with Gasteiger partial charge in [0.15, 0.2) is 11.5 Å². The number of aromatic nitrogens is 4. The SMILES string of the molecule is COCc1nc2c3cc(Br)ccc3[nH]c(=O)n2n1. The van der Waals surface area contributed by atoms with E-state index in [4.69, 9.17) is 4.74 Å². The van der Waals surface area contributed by atoms with Crippen molar-refractivity contribution in [2.45, 2.75) is 6.61 Å². The highest BCUT2D eigenvalue weighted by Gasteiger charge is 2.10. The van der Waals surface area contributed by atoms with Gasteiger partial charge in [0.2, 0.25) is 0 Å². The number of hydrogen-bond acceptors (Lipinski definition) is 4. The van der Waals surface area contributed by atoms with Crippen molar-refractivity contribution in [3.05, 3.63) is 39.0 Å². The lowest BCUT2D eigenvalue weighted by Gasteiger charge is -1.99. The maximum Gasteiger partial charge on any atom is 0.348 e. The van der Waals surface area contributed by atoms with Gasteiger partial charge in [0, 0.05) is 17.0 Å². The number of ether oxygens (including phenoxy) is 1. The number of nitrogens with zero attached hydrogens (tertiary/aromatic N) is 3. The van der Waals surface area contributed by atoms with Crippen molar-refractivity contribution < 1.29 is 4.74 Å². The molecular formula is C11H9BrN4O2. The average molecular weight is 309 g/mol. The minimum absolute atomic E-state index is 0.274. The van der Waals surface area contributed by atoms with Gasteiger partial charge in [-0.3, -0.25) is 0 Å². The molecule has 2 heterocycles. The van der Waals surface area contributed by atoms with Gasteiger partial charge in [0.05, 0.1) is 5.52 Å². The summed E-state index contributed by atoms with van der Waals surface area (Å²) >= 11 is 3.40. The summed E-state index contributed by atoms with van der Waals surface area (Å²) in [7, 11) is 1.56. The number of aromatic amines is 1. The summed E-state index contributed by atoms with van der Waals surface area (Å²) in [5, 5.41) is 4.94. The fourth-order valence-corrected chi connectivity index (χ4v) is 2.20. The lowest BCUT2D eigenvalue weighted by molar-refractivity contribution is 0.178. The molecule has 0 saturated carbocycles. The average Bonchev–Trinajstić information content (AvgIpc) is 2.76. The number of nitrogens with one attached hydrogen (secondary N) is 1. The minimum atomic E-state index is -0.310. The maximum absolute atomic E-state index is 11.8. The smallest absolute Gasteiger partial charge is 0.348 e. The third kappa shape index (κ3) is 1.72. The van der Waals surface area contributed by atoms with Crippen LogP contribution in [-0.4, -0.2) is 26.7 Å². The van der Waals surface area contributed by atoms with Gasteiger partial charge in [-0.1, -0.05) is 15.9 Å². The highest BCUT2D eigenvalue weighted by Crippen LogP contribution is 2.20. The Balaban J connectivity index is 2.43. The first-order valence-corrected chi connectivity index (χ1v) is 6.04. The number of halogens is 1. The van der Waals surface area contributed by atoms with Gasteiger partial charge in [-0.15, -0.1) is 5.10 Å². The van der Waals surface area contributed by atoms with Crippen molar-refractivity contribution in [2.75, 3.05) is 7.11 Å². The minimum Gasteiger partial charge on any atom is -0.377 e. The molecule has 0 unspecified atom stereocenters. The van der Waals surface area contributed by atoms with Crippen LogP contribution in [0.1, 0.15) is 5.82 Å². The fraction of sp³-hybridized carbons (Fsp3) is 0.182. The van der Waals surface area contributed by atoms with E-state index in [9.17, 15) is 4.79 Å². The molecule has 1 aromatic carbocycles. The molecule has 0 radical (unpaired) electrons. The normalized spacial score (nSPS) is 11.4. The molecule has 7 heteroatoms. The van der Waals surface area contributed by atoms with Crippen molar-refractivity contribution in [2.24, 2.45) is 0 Å². The van der Waals surface area contributed by atoms with Gasteiger partial charge in [-0.2, -0.15) is 4.52 Å². The molecule has 0 amide bonds. The first-order valence-electron chi connectivity index (χ1n) is 5.25. The van der Waals surface area contributed by atoms with E-state index in [0.29, 0.717) is 11.5 Å². The number of H-pyrrole nitrogens is 1. The van der Waals surface area contributed by atoms with Crippen LogP contribution in [0, 0.1) is 0 Å². The van der Waals surface area contributed by atoms with Crippen LogP contribution in [0.3, 0.4) is 0 Å². The molecule has 18 heavy (non-hydrogen) atoms. The zero-order valence-corrected chi connectivity index (χ0v) is 11.1. The quantitative estimate of drug-likeness (QED) is 0.778. The first-order chi connectivity index (χ1) is 8.69. The van der Waals surface area contributed by atoms with Crippen molar-refractivity contribution in [1.82, 2.24) is 19.6 Å². The summed E-state index contributed by atoms with van der Waals surface area (Å²) in [6.45, 7) is 0.274. The van der Waals surface area contributed by atoms with Gasteiger partial charge >= 0.3 is 5.69 Å². The van der Waals surface area contributed by atoms with Crippen molar-refractivity contribution in [3.63, 3.8) is 0 Å². The highest BCUT2D eigenvalue weighted by atomic mass is 79.9. The van der Waals surface area contributed by atoms with E-state index in [0.717, 1.165) is 15.4 Å². The van der Waals surface area contributed by atoms with E-state index in [2.05, 4.69) is 31.0 Å². The number of fused-ring (bicyclic) bond motifs is 3. The van der Waals surface area contributed by atoms with E-state index in [-0.39, 0.29) is 12.3 Å². The second-order valence-corrected chi connectivity index (χ2v) is 4.73. The van der Waals surface area contributed by atoms with Crippen LogP contribution in [0.15, 0.2) is 27.5 Å². The summed E-state index contributed by atoms with van der Waals surface area (Å²) in [5.41, 5.74) is 0.948. The third-order valence-electron chi connectivity index (χ3n) is 2.58. The maximum atomic E-state index is 11.8. The number of methoxy groups -OCH3 is 1. The number of benzene rings is 1. The molecule has 3 aromatic rings. The van der Waals surface area contributed by atoms with Crippen LogP contribution >= 0.6 is 15.9 Å². The summed E-state index contributed by atoms with van der Waals surface area (Å²) < 4.78 is 7.14. The summed E-state index contributed by atoms with van der Waals surface area (Å²) in [5.74, 6) is 0.482. The van der Waals surface area contributed by atoms with E-state index < -0.39 is 0 Å². The van der Waals surface area contributed by atoms with Crippen LogP contribution in [0.5, 0.6) is 0 Å².